The van der Waals surface area contributed by atoms with Gasteiger partial charge in [0.1, 0.15) is 5.82 Å². The van der Waals surface area contributed by atoms with E-state index in [9.17, 15) is 22.4 Å². The third kappa shape index (κ3) is 5.79. The van der Waals surface area contributed by atoms with Crippen LogP contribution in [0, 0.1) is 17.1 Å². The zero-order chi connectivity index (χ0) is 16.0. The van der Waals surface area contributed by atoms with Gasteiger partial charge in [-0.1, -0.05) is 0 Å². The average Bonchev–Trinajstić information content (AvgIpc) is 2.39. The Morgan fingerprint density at radius 1 is 1.43 bits per heavy atom. The van der Waals surface area contributed by atoms with E-state index in [4.69, 9.17) is 5.26 Å². The zero-order valence-corrected chi connectivity index (χ0v) is 11.2. The maximum Gasteiger partial charge on any atom is 0.401 e. The molecule has 0 spiro atoms. The summed E-state index contributed by atoms with van der Waals surface area (Å²) in [6.45, 7) is -1.91. The van der Waals surface area contributed by atoms with Crippen molar-refractivity contribution < 1.29 is 22.4 Å². The van der Waals surface area contributed by atoms with Gasteiger partial charge in [0, 0.05) is 19.2 Å². The van der Waals surface area contributed by atoms with Crippen LogP contribution >= 0.6 is 0 Å². The van der Waals surface area contributed by atoms with Crippen LogP contribution in [-0.2, 0) is 11.3 Å². The second kappa shape index (κ2) is 7.04. The fourth-order valence-corrected chi connectivity index (χ4v) is 1.56. The van der Waals surface area contributed by atoms with Crippen LogP contribution in [0.25, 0.3) is 0 Å². The summed E-state index contributed by atoms with van der Waals surface area (Å²) in [6.07, 6.45) is -4.40. The molecule has 0 aliphatic rings. The Morgan fingerprint density at radius 2 is 2.10 bits per heavy atom. The summed E-state index contributed by atoms with van der Waals surface area (Å²) in [5, 5.41) is 10.7. The third-order valence-electron chi connectivity index (χ3n) is 2.61. The smallest absolute Gasteiger partial charge is 0.340 e. The van der Waals surface area contributed by atoms with E-state index in [2.05, 4.69) is 0 Å². The van der Waals surface area contributed by atoms with Crippen LogP contribution in [0.5, 0.6) is 0 Å². The maximum absolute atomic E-state index is 13.5. The molecule has 0 bridgehead atoms. The molecule has 1 aromatic carbocycles. The molecule has 1 N–H and O–H groups in total. The highest BCUT2D eigenvalue weighted by Crippen LogP contribution is 2.13. The minimum absolute atomic E-state index is 0.126. The number of hydrogen-bond donors (Lipinski definition) is 1. The van der Waals surface area contributed by atoms with Gasteiger partial charge in [0.15, 0.2) is 0 Å². The molecule has 0 radical (unpaired) electrons. The van der Waals surface area contributed by atoms with Gasteiger partial charge in [-0.05, 0) is 18.2 Å². The Kier molecular flexibility index (Phi) is 5.67. The van der Waals surface area contributed by atoms with Crippen molar-refractivity contribution in [3.05, 3.63) is 35.1 Å². The minimum atomic E-state index is -4.40. The predicted octanol–water partition coefficient (Wildman–Crippen LogP) is 1.81. The van der Waals surface area contributed by atoms with Crippen molar-refractivity contribution in [3.8, 4) is 6.07 Å². The average molecular weight is 303 g/mol. The fourth-order valence-electron chi connectivity index (χ4n) is 1.56. The highest BCUT2D eigenvalue weighted by molar-refractivity contribution is 5.78. The van der Waals surface area contributed by atoms with Crippen LogP contribution in [-0.4, -0.2) is 37.1 Å². The molecule has 0 aromatic heterocycles. The lowest BCUT2D eigenvalue weighted by Gasteiger charge is -2.18. The first-order chi connectivity index (χ1) is 9.73. The van der Waals surface area contributed by atoms with E-state index in [0.29, 0.717) is 0 Å². The monoisotopic (exact) mass is 303 g/mol. The van der Waals surface area contributed by atoms with Gasteiger partial charge < -0.3 is 10.2 Å². The second-order valence-electron chi connectivity index (χ2n) is 4.39. The highest BCUT2D eigenvalue weighted by Gasteiger charge is 2.26. The van der Waals surface area contributed by atoms with Crippen molar-refractivity contribution >= 4 is 5.91 Å². The van der Waals surface area contributed by atoms with Gasteiger partial charge in [0.25, 0.3) is 0 Å². The number of rotatable bonds is 5. The molecule has 114 valence electrons. The van der Waals surface area contributed by atoms with E-state index >= 15 is 0 Å². The lowest BCUT2D eigenvalue weighted by Crippen LogP contribution is -2.39. The summed E-state index contributed by atoms with van der Waals surface area (Å²) in [4.78, 5) is 12.7. The summed E-state index contributed by atoms with van der Waals surface area (Å²) >= 11 is 0. The summed E-state index contributed by atoms with van der Waals surface area (Å²) < 4.78 is 49.3. The second-order valence-corrected chi connectivity index (χ2v) is 4.39. The van der Waals surface area contributed by atoms with Crippen LogP contribution in [0.4, 0.5) is 17.6 Å². The van der Waals surface area contributed by atoms with Crippen molar-refractivity contribution in [1.29, 1.82) is 5.26 Å². The molecular formula is C13H13F4N3O. The SMILES string of the molecule is CN(Cc1cc(C#N)ccc1F)C(=O)CNCC(F)(F)F. The Balaban J connectivity index is 2.58. The van der Waals surface area contributed by atoms with Gasteiger partial charge in [0.2, 0.25) is 5.91 Å². The number of hydrogen-bond acceptors (Lipinski definition) is 3. The fraction of sp³-hybridized carbons (Fsp3) is 0.385. The van der Waals surface area contributed by atoms with Crippen molar-refractivity contribution in [2.75, 3.05) is 20.1 Å². The lowest BCUT2D eigenvalue weighted by atomic mass is 10.1. The van der Waals surface area contributed by atoms with E-state index in [0.717, 1.165) is 11.0 Å². The van der Waals surface area contributed by atoms with E-state index < -0.39 is 31.0 Å². The van der Waals surface area contributed by atoms with E-state index in [-0.39, 0.29) is 17.7 Å². The van der Waals surface area contributed by atoms with E-state index in [1.165, 1.54) is 19.2 Å². The number of halogens is 4. The molecule has 1 amide bonds. The number of alkyl halides is 3. The van der Waals surface area contributed by atoms with Crippen LogP contribution in [0.2, 0.25) is 0 Å². The largest absolute Gasteiger partial charge is 0.401 e. The maximum atomic E-state index is 13.5. The van der Waals surface area contributed by atoms with Crippen molar-refractivity contribution in [3.63, 3.8) is 0 Å². The summed E-state index contributed by atoms with van der Waals surface area (Å²) in [5.41, 5.74) is 0.364. The number of carbonyl (C=O) groups excluding carboxylic acids is 1. The molecule has 1 aromatic rings. The molecule has 0 atom stereocenters. The van der Waals surface area contributed by atoms with Gasteiger partial charge >= 0.3 is 6.18 Å². The van der Waals surface area contributed by atoms with Crippen molar-refractivity contribution in [2.45, 2.75) is 12.7 Å². The van der Waals surface area contributed by atoms with Crippen LogP contribution in [0.3, 0.4) is 0 Å². The summed E-state index contributed by atoms with van der Waals surface area (Å²) in [7, 11) is 1.34. The Hall–Kier alpha value is -2.14. The number of carbonyl (C=O) groups is 1. The molecule has 0 fully saturated rings. The van der Waals surface area contributed by atoms with Gasteiger partial charge in [-0.15, -0.1) is 0 Å². The van der Waals surface area contributed by atoms with Crippen molar-refractivity contribution in [2.24, 2.45) is 0 Å². The summed E-state index contributed by atoms with van der Waals surface area (Å²) in [5.74, 6) is -1.20. The quantitative estimate of drug-likeness (QED) is 0.844. The number of likely N-dealkylation sites (N-methyl/N-ethyl adjacent to an activating group) is 1. The highest BCUT2D eigenvalue weighted by atomic mass is 19.4. The first-order valence-corrected chi connectivity index (χ1v) is 5.93. The van der Waals surface area contributed by atoms with Gasteiger partial charge in [-0.3, -0.25) is 4.79 Å². The first kappa shape index (κ1) is 16.9. The molecule has 0 heterocycles. The summed E-state index contributed by atoms with van der Waals surface area (Å²) in [6, 6.07) is 5.54. The Morgan fingerprint density at radius 3 is 2.67 bits per heavy atom. The lowest BCUT2D eigenvalue weighted by molar-refractivity contribution is -0.133. The third-order valence-corrected chi connectivity index (χ3v) is 2.61. The molecule has 4 nitrogen and oxygen atoms in total. The molecule has 0 aliphatic heterocycles. The van der Waals surface area contributed by atoms with Gasteiger partial charge in [0.05, 0.1) is 24.7 Å². The van der Waals surface area contributed by atoms with Crippen LogP contribution in [0.1, 0.15) is 11.1 Å². The number of amides is 1. The number of nitrogens with one attached hydrogen (secondary N) is 1. The van der Waals surface area contributed by atoms with Crippen molar-refractivity contribution in [1.82, 2.24) is 10.2 Å². The first-order valence-electron chi connectivity index (χ1n) is 5.93. The predicted molar refractivity (Wildman–Crippen MR) is 66.5 cm³/mol. The molecular weight excluding hydrogens is 290 g/mol. The normalized spacial score (nSPS) is 11.0. The van der Waals surface area contributed by atoms with Gasteiger partial charge in [-0.2, -0.15) is 18.4 Å². The van der Waals surface area contributed by atoms with Crippen LogP contribution in [0.15, 0.2) is 18.2 Å². The number of nitriles is 1. The number of nitrogens with zero attached hydrogens (tertiary/aromatic N) is 2. The Bertz CT molecular complexity index is 551. The topological polar surface area (TPSA) is 56.1 Å². The molecule has 0 unspecified atom stereocenters. The standard InChI is InChI=1S/C13H13F4N3O/c1-20(12(21)6-19-8-13(15,16)17)7-10-4-9(5-18)2-3-11(10)14/h2-4,19H,6-8H2,1H3. The molecule has 0 saturated heterocycles. The Labute approximate surface area is 119 Å². The minimum Gasteiger partial charge on any atom is -0.340 e. The molecule has 21 heavy (non-hydrogen) atoms. The molecule has 0 aliphatic carbocycles. The molecule has 8 heteroatoms. The van der Waals surface area contributed by atoms with E-state index in [1.807, 2.05) is 11.4 Å². The zero-order valence-electron chi connectivity index (χ0n) is 11.2. The molecule has 1 rings (SSSR count). The van der Waals surface area contributed by atoms with Gasteiger partial charge in [-0.25, -0.2) is 4.39 Å². The number of benzene rings is 1. The van der Waals surface area contributed by atoms with E-state index in [1.54, 1.807) is 0 Å². The molecule has 0 saturated carbocycles. The van der Waals surface area contributed by atoms with Crippen LogP contribution < -0.4 is 5.32 Å².